The summed E-state index contributed by atoms with van der Waals surface area (Å²) < 4.78 is 8.21. The summed E-state index contributed by atoms with van der Waals surface area (Å²) in [4.78, 5) is 17.3. The van der Waals surface area contributed by atoms with Crippen molar-refractivity contribution >= 4 is 16.8 Å². The van der Waals surface area contributed by atoms with Crippen molar-refractivity contribution in [2.75, 3.05) is 0 Å². The number of nitrogens with one attached hydrogen (secondary N) is 1. The highest BCUT2D eigenvalue weighted by atomic mass is 16.5. The van der Waals surface area contributed by atoms with E-state index >= 15 is 0 Å². The summed E-state index contributed by atoms with van der Waals surface area (Å²) in [5.74, 6) is 0.686. The van der Waals surface area contributed by atoms with Crippen LogP contribution < -0.4 is 10.1 Å². The molecule has 0 unspecified atom stereocenters. The van der Waals surface area contributed by atoms with E-state index in [4.69, 9.17) is 4.74 Å². The van der Waals surface area contributed by atoms with Crippen LogP contribution in [0, 0.1) is 0 Å². The van der Waals surface area contributed by atoms with Crippen LogP contribution in [0.3, 0.4) is 0 Å². The largest absolute Gasteiger partial charge is 0.490 e. The van der Waals surface area contributed by atoms with Crippen LogP contribution in [-0.4, -0.2) is 21.6 Å². The Morgan fingerprint density at radius 1 is 1.06 bits per heavy atom. The number of hydrogen-bond acceptors (Lipinski definition) is 3. The van der Waals surface area contributed by atoms with E-state index in [0.29, 0.717) is 18.8 Å². The van der Waals surface area contributed by atoms with Gasteiger partial charge in [-0.25, -0.2) is 0 Å². The summed E-state index contributed by atoms with van der Waals surface area (Å²) in [5.41, 5.74) is 3.69. The lowest BCUT2D eigenvalue weighted by molar-refractivity contribution is 0.0942. The lowest BCUT2D eigenvalue weighted by Crippen LogP contribution is -2.25. The van der Waals surface area contributed by atoms with Crippen LogP contribution in [0.25, 0.3) is 10.9 Å². The Bertz CT molecular complexity index is 1150. The van der Waals surface area contributed by atoms with Crippen LogP contribution in [0.2, 0.25) is 0 Å². The molecule has 0 saturated heterocycles. The average Bonchev–Trinajstić information content (AvgIpc) is 3.18. The molecule has 0 spiro atoms. The first-order valence-electron chi connectivity index (χ1n) is 10.7. The Morgan fingerprint density at radius 2 is 1.87 bits per heavy atom. The van der Waals surface area contributed by atoms with Crippen molar-refractivity contribution in [1.29, 1.82) is 0 Å². The molecular formula is C26H27N3O2. The van der Waals surface area contributed by atoms with Crippen LogP contribution in [0.15, 0.2) is 79.1 Å². The van der Waals surface area contributed by atoms with Crippen LogP contribution in [0.4, 0.5) is 0 Å². The van der Waals surface area contributed by atoms with Crippen molar-refractivity contribution < 1.29 is 9.53 Å². The molecule has 4 rings (SSSR count). The van der Waals surface area contributed by atoms with Gasteiger partial charge in [0.2, 0.25) is 0 Å². The van der Waals surface area contributed by atoms with Gasteiger partial charge in [-0.3, -0.25) is 9.78 Å². The third kappa shape index (κ3) is 4.77. The number of benzene rings is 2. The van der Waals surface area contributed by atoms with Gasteiger partial charge in [0.25, 0.3) is 5.91 Å². The number of fused-ring (bicyclic) bond motifs is 1. The van der Waals surface area contributed by atoms with Gasteiger partial charge < -0.3 is 14.6 Å². The van der Waals surface area contributed by atoms with E-state index < -0.39 is 0 Å². The van der Waals surface area contributed by atoms with Crippen molar-refractivity contribution in [3.8, 4) is 5.75 Å². The molecular weight excluding hydrogens is 386 g/mol. The molecule has 0 saturated carbocycles. The highest BCUT2D eigenvalue weighted by Crippen LogP contribution is 2.31. The average molecular weight is 414 g/mol. The van der Waals surface area contributed by atoms with Crippen LogP contribution in [0.5, 0.6) is 5.75 Å². The highest BCUT2D eigenvalue weighted by Gasteiger charge is 2.19. The van der Waals surface area contributed by atoms with Gasteiger partial charge in [0.15, 0.2) is 0 Å². The molecule has 158 valence electrons. The van der Waals surface area contributed by atoms with Gasteiger partial charge >= 0.3 is 0 Å². The van der Waals surface area contributed by atoms with Gasteiger partial charge in [-0.1, -0.05) is 49.4 Å². The number of carbonyl (C=O) groups excluding carboxylic acids is 1. The molecule has 1 amide bonds. The summed E-state index contributed by atoms with van der Waals surface area (Å²) in [6.45, 7) is 5.19. The van der Waals surface area contributed by atoms with Crippen LogP contribution in [-0.2, 0) is 13.1 Å². The minimum absolute atomic E-state index is 0.103. The summed E-state index contributed by atoms with van der Waals surface area (Å²) in [6.07, 6.45) is 4.50. The van der Waals surface area contributed by atoms with E-state index in [-0.39, 0.29) is 12.0 Å². The minimum atomic E-state index is -0.120. The zero-order chi connectivity index (χ0) is 21.6. The molecule has 31 heavy (non-hydrogen) atoms. The smallest absolute Gasteiger partial charge is 0.268 e. The zero-order valence-electron chi connectivity index (χ0n) is 17.9. The molecule has 0 aliphatic heterocycles. The summed E-state index contributed by atoms with van der Waals surface area (Å²) in [5, 5.41) is 3.98. The maximum atomic E-state index is 13.2. The highest BCUT2D eigenvalue weighted by molar-refractivity contribution is 6.00. The molecule has 1 N–H and O–H groups in total. The number of ether oxygens (including phenoxy) is 1. The van der Waals surface area contributed by atoms with Gasteiger partial charge in [0.05, 0.1) is 11.6 Å². The summed E-state index contributed by atoms with van der Waals surface area (Å²) in [7, 11) is 0. The standard InChI is InChI=1S/C26H27N3O2/c1-3-19(2)31-25-13-7-12-23-22(25)15-24(29(23)18-20-9-5-4-6-10-20)26(30)28-17-21-11-8-14-27-16-21/h4-16,19H,3,17-18H2,1-2H3,(H,28,30)/t19-/m1/s1. The molecule has 4 aromatic rings. The molecule has 5 heteroatoms. The topological polar surface area (TPSA) is 56.1 Å². The van der Waals surface area contributed by atoms with Crippen molar-refractivity contribution in [3.63, 3.8) is 0 Å². The Kier molecular flexibility index (Phi) is 6.32. The van der Waals surface area contributed by atoms with Crippen molar-refractivity contribution in [3.05, 3.63) is 95.9 Å². The van der Waals surface area contributed by atoms with Crippen molar-refractivity contribution in [2.24, 2.45) is 0 Å². The van der Waals surface area contributed by atoms with Gasteiger partial charge in [-0.05, 0) is 48.7 Å². The Labute approximate surface area is 182 Å². The molecule has 5 nitrogen and oxygen atoms in total. The molecule has 0 fully saturated rings. The second-order valence-electron chi connectivity index (χ2n) is 7.67. The first-order valence-corrected chi connectivity index (χ1v) is 10.7. The predicted molar refractivity (Wildman–Crippen MR) is 123 cm³/mol. The first-order chi connectivity index (χ1) is 15.2. The predicted octanol–water partition coefficient (Wildman–Crippen LogP) is 5.19. The van der Waals surface area contributed by atoms with Gasteiger partial charge in [-0.2, -0.15) is 0 Å². The summed E-state index contributed by atoms with van der Waals surface area (Å²) in [6, 6.07) is 21.9. The Hall–Kier alpha value is -3.60. The number of nitrogens with zero attached hydrogens (tertiary/aromatic N) is 2. The normalized spacial score (nSPS) is 11.9. The molecule has 0 aliphatic carbocycles. The monoisotopic (exact) mass is 413 g/mol. The molecule has 2 aromatic carbocycles. The second kappa shape index (κ2) is 9.47. The van der Waals surface area contributed by atoms with Gasteiger partial charge in [0.1, 0.15) is 11.4 Å². The molecule has 1 atom stereocenters. The number of carbonyl (C=O) groups is 1. The number of pyridine rings is 1. The number of rotatable bonds is 8. The number of aromatic nitrogens is 2. The maximum Gasteiger partial charge on any atom is 0.268 e. The first kappa shape index (κ1) is 20.7. The summed E-state index contributed by atoms with van der Waals surface area (Å²) >= 11 is 0. The quantitative estimate of drug-likeness (QED) is 0.432. The third-order valence-corrected chi connectivity index (χ3v) is 5.40. The lowest BCUT2D eigenvalue weighted by Gasteiger charge is -2.14. The van der Waals surface area contributed by atoms with Crippen LogP contribution >= 0.6 is 0 Å². The SMILES string of the molecule is CC[C@@H](C)Oc1cccc2c1cc(C(=O)NCc1cccnc1)n2Cc1ccccc1. The minimum Gasteiger partial charge on any atom is -0.490 e. The molecule has 2 heterocycles. The molecule has 2 aromatic heterocycles. The third-order valence-electron chi connectivity index (χ3n) is 5.40. The fraction of sp³-hybridized carbons (Fsp3) is 0.231. The van der Waals surface area contributed by atoms with E-state index in [1.807, 2.05) is 54.6 Å². The van der Waals surface area contributed by atoms with Crippen molar-refractivity contribution in [2.45, 2.75) is 39.5 Å². The zero-order valence-corrected chi connectivity index (χ0v) is 17.9. The molecule has 0 aliphatic rings. The van der Waals surface area contributed by atoms with E-state index in [0.717, 1.165) is 34.2 Å². The second-order valence-corrected chi connectivity index (χ2v) is 7.67. The van der Waals surface area contributed by atoms with E-state index in [2.05, 4.69) is 40.8 Å². The van der Waals surface area contributed by atoms with Gasteiger partial charge in [0, 0.05) is 30.9 Å². The lowest BCUT2D eigenvalue weighted by atomic mass is 10.2. The fourth-order valence-electron chi connectivity index (χ4n) is 3.56. The van der Waals surface area contributed by atoms with Crippen molar-refractivity contribution in [1.82, 2.24) is 14.9 Å². The molecule has 0 bridgehead atoms. The van der Waals surface area contributed by atoms with Crippen LogP contribution in [0.1, 0.15) is 41.9 Å². The van der Waals surface area contributed by atoms with Gasteiger partial charge in [-0.15, -0.1) is 0 Å². The Morgan fingerprint density at radius 3 is 2.61 bits per heavy atom. The van der Waals surface area contributed by atoms with E-state index in [1.165, 1.54) is 0 Å². The molecule has 0 radical (unpaired) electrons. The number of amides is 1. The number of hydrogen-bond donors (Lipinski definition) is 1. The fourth-order valence-corrected chi connectivity index (χ4v) is 3.56. The van der Waals surface area contributed by atoms with E-state index in [9.17, 15) is 4.79 Å². The maximum absolute atomic E-state index is 13.2. The Balaban J connectivity index is 1.71. The van der Waals surface area contributed by atoms with E-state index in [1.54, 1.807) is 12.4 Å².